The molecule has 7 heteroatoms. The molecule has 0 spiro atoms. The Bertz CT molecular complexity index is 1280. The molecule has 0 atom stereocenters. The molecule has 0 aliphatic carbocycles. The van der Waals surface area contributed by atoms with Gasteiger partial charge in [-0.3, -0.25) is 13.9 Å². The highest BCUT2D eigenvalue weighted by atomic mass is 79.9. The molecule has 4 rings (SSSR count). The van der Waals surface area contributed by atoms with E-state index >= 15 is 0 Å². The number of benzene rings is 3. The number of nitrogens with zero attached hydrogens (tertiary/aromatic N) is 2. The van der Waals surface area contributed by atoms with Gasteiger partial charge in [-0.1, -0.05) is 42.1 Å². The Morgan fingerprint density at radius 3 is 2.24 bits per heavy atom. The van der Waals surface area contributed by atoms with E-state index in [0.717, 1.165) is 25.3 Å². The zero-order chi connectivity index (χ0) is 20.5. The molecule has 3 aromatic carbocycles. The van der Waals surface area contributed by atoms with E-state index in [2.05, 4.69) is 21.2 Å². The van der Waals surface area contributed by atoms with E-state index in [9.17, 15) is 9.59 Å². The summed E-state index contributed by atoms with van der Waals surface area (Å²) in [5.74, 6) is -0.215. The molecule has 1 heterocycles. The zero-order valence-electron chi connectivity index (χ0n) is 15.8. The third-order valence-electron chi connectivity index (χ3n) is 4.71. The molecule has 0 unspecified atom stereocenters. The van der Waals surface area contributed by atoms with Gasteiger partial charge in [-0.15, -0.1) is 0 Å². The van der Waals surface area contributed by atoms with Crippen LogP contribution in [0.5, 0.6) is 0 Å². The second kappa shape index (κ2) is 7.93. The van der Waals surface area contributed by atoms with Crippen LogP contribution < -0.4 is 11.0 Å². The molecule has 0 saturated heterocycles. The van der Waals surface area contributed by atoms with Gasteiger partial charge in [-0.2, -0.15) is 0 Å². The maximum atomic E-state index is 12.9. The topological polar surface area (TPSA) is 56.0 Å². The Labute approximate surface area is 180 Å². The summed E-state index contributed by atoms with van der Waals surface area (Å²) in [4.78, 5) is 27.2. The van der Waals surface area contributed by atoms with Gasteiger partial charge in [-0.25, -0.2) is 4.79 Å². The molecule has 1 N–H and O–H groups in total. The lowest BCUT2D eigenvalue weighted by atomic mass is 10.2. The minimum absolute atomic E-state index is 0.107. The first-order chi connectivity index (χ1) is 14.0. The van der Waals surface area contributed by atoms with Crippen LogP contribution in [0.3, 0.4) is 0 Å². The largest absolute Gasteiger partial charge is 0.328 e. The van der Waals surface area contributed by atoms with Crippen LogP contribution >= 0.6 is 27.7 Å². The second-order valence-electron chi connectivity index (χ2n) is 6.59. The number of anilines is 1. The van der Waals surface area contributed by atoms with Crippen LogP contribution in [0.2, 0.25) is 0 Å². The van der Waals surface area contributed by atoms with Gasteiger partial charge in [0.15, 0.2) is 0 Å². The molecular formula is C22H18BrN3O2S. The first-order valence-corrected chi connectivity index (χ1v) is 10.5. The number of rotatable bonds is 4. The van der Waals surface area contributed by atoms with Gasteiger partial charge in [0.25, 0.3) is 5.91 Å². The van der Waals surface area contributed by atoms with Crippen molar-refractivity contribution in [1.29, 1.82) is 0 Å². The molecule has 1 amide bonds. The number of halogens is 1. The fraction of sp³-hybridized carbons (Fsp3) is 0.0909. The molecule has 5 nitrogen and oxygen atoms in total. The smallest absolute Gasteiger partial charge is 0.321 e. The average Bonchev–Trinajstić information content (AvgIpc) is 2.93. The van der Waals surface area contributed by atoms with Gasteiger partial charge in [-0.05, 0) is 52.3 Å². The van der Waals surface area contributed by atoms with E-state index in [-0.39, 0.29) is 11.6 Å². The Morgan fingerprint density at radius 1 is 0.931 bits per heavy atom. The number of nitrogens with one attached hydrogen (secondary N) is 1. The number of amides is 1. The molecule has 146 valence electrons. The summed E-state index contributed by atoms with van der Waals surface area (Å²) >= 11 is 4.98. The van der Waals surface area contributed by atoms with Gasteiger partial charge < -0.3 is 5.32 Å². The molecule has 0 radical (unpaired) electrons. The Morgan fingerprint density at radius 2 is 1.55 bits per heavy atom. The highest BCUT2D eigenvalue weighted by molar-refractivity contribution is 9.10. The highest BCUT2D eigenvalue weighted by Gasteiger charge is 2.17. The van der Waals surface area contributed by atoms with Crippen LogP contribution in [-0.2, 0) is 14.1 Å². The fourth-order valence-electron chi connectivity index (χ4n) is 3.16. The summed E-state index contributed by atoms with van der Waals surface area (Å²) < 4.78 is 3.92. The SMILES string of the molecule is Cn1c(=O)n(C)c2cc(Sc3ccccc3)c(NC(=O)c3ccccc3Br)cc21. The summed E-state index contributed by atoms with van der Waals surface area (Å²) in [5.41, 5.74) is 2.68. The van der Waals surface area contributed by atoms with Crippen LogP contribution in [0, 0.1) is 0 Å². The number of carbonyl (C=O) groups is 1. The van der Waals surface area contributed by atoms with Crippen molar-refractivity contribution in [3.8, 4) is 0 Å². The first-order valence-electron chi connectivity index (χ1n) is 8.94. The Kier molecular flexibility index (Phi) is 5.34. The number of fused-ring (bicyclic) bond motifs is 1. The standard InChI is InChI=1S/C22H18BrN3O2S/c1-25-18-12-17(24-21(27)15-10-6-7-11-16(15)23)20(13-19(18)26(2)22(25)28)29-14-8-4-3-5-9-14/h3-13H,1-2H3,(H,24,27). The minimum Gasteiger partial charge on any atom is -0.321 e. The lowest BCUT2D eigenvalue weighted by Gasteiger charge is -2.13. The van der Waals surface area contributed by atoms with Gasteiger partial charge >= 0.3 is 5.69 Å². The molecule has 0 aliphatic heterocycles. The lowest BCUT2D eigenvalue weighted by Crippen LogP contribution is -2.19. The van der Waals surface area contributed by atoms with Crippen molar-refractivity contribution in [3.63, 3.8) is 0 Å². The molecule has 1 aromatic heterocycles. The van der Waals surface area contributed by atoms with Crippen LogP contribution in [-0.4, -0.2) is 15.0 Å². The minimum atomic E-state index is -0.215. The van der Waals surface area contributed by atoms with E-state index < -0.39 is 0 Å². The van der Waals surface area contributed by atoms with Crippen molar-refractivity contribution >= 4 is 50.3 Å². The van der Waals surface area contributed by atoms with E-state index in [1.165, 1.54) is 0 Å². The second-order valence-corrected chi connectivity index (χ2v) is 8.56. The quantitative estimate of drug-likeness (QED) is 0.457. The number of hydrogen-bond donors (Lipinski definition) is 1. The maximum Gasteiger partial charge on any atom is 0.328 e. The number of aryl methyl sites for hydroxylation is 2. The normalized spacial score (nSPS) is 11.0. The summed E-state index contributed by atoms with van der Waals surface area (Å²) in [5, 5.41) is 3.02. The summed E-state index contributed by atoms with van der Waals surface area (Å²) in [7, 11) is 3.48. The molecule has 29 heavy (non-hydrogen) atoms. The van der Waals surface area contributed by atoms with E-state index in [0.29, 0.717) is 11.3 Å². The van der Waals surface area contributed by atoms with Gasteiger partial charge in [0, 0.05) is 28.4 Å². The summed E-state index contributed by atoms with van der Waals surface area (Å²) in [6.45, 7) is 0. The van der Waals surface area contributed by atoms with Crippen molar-refractivity contribution in [1.82, 2.24) is 9.13 Å². The van der Waals surface area contributed by atoms with Gasteiger partial charge in [0.05, 0.1) is 22.3 Å². The van der Waals surface area contributed by atoms with Gasteiger partial charge in [0.1, 0.15) is 0 Å². The molecule has 0 saturated carbocycles. The average molecular weight is 468 g/mol. The monoisotopic (exact) mass is 467 g/mol. The van der Waals surface area contributed by atoms with Crippen molar-refractivity contribution in [2.45, 2.75) is 9.79 Å². The van der Waals surface area contributed by atoms with Crippen LogP contribution in [0.4, 0.5) is 5.69 Å². The molecular weight excluding hydrogens is 450 g/mol. The molecule has 0 bridgehead atoms. The van der Waals surface area contributed by atoms with E-state index in [4.69, 9.17) is 0 Å². The predicted molar refractivity (Wildman–Crippen MR) is 121 cm³/mol. The number of imidazole rings is 1. The third-order valence-corrected chi connectivity index (χ3v) is 6.47. The van der Waals surface area contributed by atoms with Crippen molar-refractivity contribution in [3.05, 3.63) is 87.3 Å². The fourth-order valence-corrected chi connectivity index (χ4v) is 4.56. The van der Waals surface area contributed by atoms with Gasteiger partial charge in [0.2, 0.25) is 0 Å². The predicted octanol–water partition coefficient (Wildman–Crippen LogP) is 5.04. The van der Waals surface area contributed by atoms with Crippen LogP contribution in [0.15, 0.2) is 85.8 Å². The van der Waals surface area contributed by atoms with Crippen molar-refractivity contribution in [2.75, 3.05) is 5.32 Å². The number of hydrogen-bond acceptors (Lipinski definition) is 3. The van der Waals surface area contributed by atoms with E-state index in [1.807, 2.05) is 60.7 Å². The zero-order valence-corrected chi connectivity index (χ0v) is 18.3. The van der Waals surface area contributed by atoms with Crippen molar-refractivity contribution < 1.29 is 4.79 Å². The lowest BCUT2D eigenvalue weighted by molar-refractivity contribution is 0.102. The third kappa shape index (κ3) is 3.75. The van der Waals surface area contributed by atoms with Crippen molar-refractivity contribution in [2.24, 2.45) is 14.1 Å². The van der Waals surface area contributed by atoms with E-state index in [1.54, 1.807) is 41.1 Å². The van der Waals surface area contributed by atoms with Crippen LogP contribution in [0.1, 0.15) is 10.4 Å². The maximum absolute atomic E-state index is 12.9. The Hall–Kier alpha value is -2.77. The van der Waals surface area contributed by atoms with Crippen LogP contribution in [0.25, 0.3) is 11.0 Å². The highest BCUT2D eigenvalue weighted by Crippen LogP contribution is 2.36. The summed E-state index contributed by atoms with van der Waals surface area (Å²) in [6.07, 6.45) is 0. The summed E-state index contributed by atoms with van der Waals surface area (Å²) in [6, 6.07) is 21.0. The first kappa shape index (κ1) is 19.5. The molecule has 4 aromatic rings. The Balaban J connectivity index is 1.83. The number of carbonyl (C=O) groups excluding carboxylic acids is 1. The molecule has 0 aliphatic rings. The molecule has 0 fully saturated rings. The number of aromatic nitrogens is 2.